The third kappa shape index (κ3) is 2.76. The molecule has 3 heterocycles. The Hall–Kier alpha value is -1.70. The Balaban J connectivity index is 1.94. The second-order valence-corrected chi connectivity index (χ2v) is 6.41. The van der Waals surface area contributed by atoms with Gasteiger partial charge in [-0.3, -0.25) is 14.8 Å². The van der Waals surface area contributed by atoms with Gasteiger partial charge in [-0.15, -0.1) is 0 Å². The summed E-state index contributed by atoms with van der Waals surface area (Å²) in [5, 5.41) is 20.3. The maximum absolute atomic E-state index is 10.8. The van der Waals surface area contributed by atoms with E-state index in [1.165, 1.54) is 6.33 Å². The molecule has 4 atom stereocenters. The summed E-state index contributed by atoms with van der Waals surface area (Å²) < 4.78 is 21.6. The standard InChI is InChI=1S/C10H15N6O7P/c11-8-5-9(14-2-13-8)16(3-15-5)10(12)7(18)6(17)4(23-10)1-22-24(19,20)21/h2-4,6-7,17-18H,1,12H2,(H2,11,13,14)(H2,19,20,21)/t4-,6-,7-,10+/m1/s1. The molecule has 2 aromatic rings. The van der Waals surface area contributed by atoms with E-state index in [2.05, 4.69) is 19.5 Å². The topological polar surface area (TPSA) is 212 Å². The number of nitrogens with zero attached hydrogens (tertiary/aromatic N) is 4. The fourth-order valence-electron chi connectivity index (χ4n) is 2.44. The molecule has 132 valence electrons. The fourth-order valence-corrected chi connectivity index (χ4v) is 2.78. The number of anilines is 1. The van der Waals surface area contributed by atoms with Gasteiger partial charge in [-0.25, -0.2) is 19.5 Å². The number of hydrogen-bond donors (Lipinski definition) is 6. The molecule has 2 aromatic heterocycles. The number of nitrogen functional groups attached to an aromatic ring is 1. The maximum atomic E-state index is 10.8. The van der Waals surface area contributed by atoms with Crippen molar-refractivity contribution in [1.82, 2.24) is 19.5 Å². The number of aliphatic hydroxyl groups is 2. The molecule has 1 aliphatic rings. The minimum absolute atomic E-state index is 0.0803. The Morgan fingerprint density at radius 2 is 2.08 bits per heavy atom. The minimum atomic E-state index is -4.78. The highest BCUT2D eigenvalue weighted by molar-refractivity contribution is 7.46. The number of phosphoric ester groups is 1. The Morgan fingerprint density at radius 1 is 1.38 bits per heavy atom. The van der Waals surface area contributed by atoms with E-state index in [-0.39, 0.29) is 17.0 Å². The molecule has 14 heteroatoms. The fraction of sp³-hybridized carbons (Fsp3) is 0.500. The molecule has 1 fully saturated rings. The molecule has 0 radical (unpaired) electrons. The monoisotopic (exact) mass is 362 g/mol. The highest BCUT2D eigenvalue weighted by Crippen LogP contribution is 2.39. The summed E-state index contributed by atoms with van der Waals surface area (Å²) in [4.78, 5) is 29.2. The normalized spacial score (nSPS) is 31.0. The Morgan fingerprint density at radius 3 is 2.75 bits per heavy atom. The lowest BCUT2D eigenvalue weighted by molar-refractivity contribution is -0.140. The van der Waals surface area contributed by atoms with E-state index in [0.29, 0.717) is 0 Å². The lowest BCUT2D eigenvalue weighted by atomic mass is 10.1. The number of ether oxygens (including phenoxy) is 1. The summed E-state index contributed by atoms with van der Waals surface area (Å²) in [5.41, 5.74) is 12.1. The zero-order valence-electron chi connectivity index (χ0n) is 12.0. The molecular weight excluding hydrogens is 347 g/mol. The number of aromatic nitrogens is 4. The van der Waals surface area contributed by atoms with Crippen LogP contribution in [-0.2, 0) is 19.7 Å². The van der Waals surface area contributed by atoms with Crippen LogP contribution in [-0.4, -0.2) is 64.4 Å². The number of aliphatic hydroxyl groups excluding tert-OH is 2. The number of fused-ring (bicyclic) bond motifs is 1. The smallest absolute Gasteiger partial charge is 0.387 e. The van der Waals surface area contributed by atoms with Gasteiger partial charge in [0, 0.05) is 0 Å². The van der Waals surface area contributed by atoms with Gasteiger partial charge < -0.3 is 30.5 Å². The molecule has 0 saturated carbocycles. The van der Waals surface area contributed by atoms with Gasteiger partial charge in [0.2, 0.25) is 5.85 Å². The van der Waals surface area contributed by atoms with Crippen molar-refractivity contribution in [3.63, 3.8) is 0 Å². The number of hydrogen-bond acceptors (Lipinski definition) is 10. The van der Waals surface area contributed by atoms with Crippen LogP contribution in [0.25, 0.3) is 11.2 Å². The Kier molecular flexibility index (Phi) is 4.06. The van der Waals surface area contributed by atoms with E-state index in [0.717, 1.165) is 10.9 Å². The van der Waals surface area contributed by atoms with Gasteiger partial charge in [0.1, 0.15) is 36.5 Å². The van der Waals surface area contributed by atoms with Crippen molar-refractivity contribution in [3.8, 4) is 0 Å². The first-order valence-corrected chi connectivity index (χ1v) is 8.13. The van der Waals surface area contributed by atoms with Gasteiger partial charge in [-0.2, -0.15) is 0 Å². The van der Waals surface area contributed by atoms with Crippen molar-refractivity contribution in [3.05, 3.63) is 12.7 Å². The first-order valence-electron chi connectivity index (χ1n) is 6.60. The van der Waals surface area contributed by atoms with Crippen LogP contribution in [0.2, 0.25) is 0 Å². The zero-order valence-corrected chi connectivity index (χ0v) is 12.9. The van der Waals surface area contributed by atoms with E-state index in [9.17, 15) is 14.8 Å². The number of imidazole rings is 1. The third-order valence-electron chi connectivity index (χ3n) is 3.61. The number of nitrogens with two attached hydrogens (primary N) is 2. The lowest BCUT2D eigenvalue weighted by Crippen LogP contribution is -2.52. The summed E-state index contributed by atoms with van der Waals surface area (Å²) in [7, 11) is -4.78. The molecule has 0 spiro atoms. The van der Waals surface area contributed by atoms with Crippen molar-refractivity contribution in [2.24, 2.45) is 5.73 Å². The molecule has 8 N–H and O–H groups in total. The molecule has 1 saturated heterocycles. The number of phosphoric acid groups is 1. The summed E-state index contributed by atoms with van der Waals surface area (Å²) >= 11 is 0. The summed E-state index contributed by atoms with van der Waals surface area (Å²) in [6, 6.07) is 0. The van der Waals surface area contributed by atoms with Crippen LogP contribution in [0.15, 0.2) is 12.7 Å². The minimum Gasteiger partial charge on any atom is -0.387 e. The van der Waals surface area contributed by atoms with Crippen LogP contribution in [0.5, 0.6) is 0 Å². The predicted octanol–water partition coefficient (Wildman–Crippen LogP) is -2.79. The highest BCUT2D eigenvalue weighted by atomic mass is 31.2. The molecule has 0 aliphatic carbocycles. The van der Waals surface area contributed by atoms with Crippen molar-refractivity contribution in [2.75, 3.05) is 12.3 Å². The maximum Gasteiger partial charge on any atom is 0.469 e. The van der Waals surface area contributed by atoms with Gasteiger partial charge in [0.15, 0.2) is 11.5 Å². The molecule has 0 aromatic carbocycles. The molecule has 0 bridgehead atoms. The first kappa shape index (κ1) is 17.1. The molecule has 0 unspecified atom stereocenters. The van der Waals surface area contributed by atoms with Crippen LogP contribution >= 0.6 is 7.82 Å². The largest absolute Gasteiger partial charge is 0.469 e. The Labute approximate surface area is 134 Å². The van der Waals surface area contributed by atoms with Crippen LogP contribution in [0.3, 0.4) is 0 Å². The average molecular weight is 362 g/mol. The van der Waals surface area contributed by atoms with Crippen LogP contribution in [0.1, 0.15) is 0 Å². The van der Waals surface area contributed by atoms with Gasteiger partial charge >= 0.3 is 7.82 Å². The molecule has 1 aliphatic heterocycles. The summed E-state index contributed by atoms with van der Waals surface area (Å²) in [6.45, 7) is -0.689. The van der Waals surface area contributed by atoms with Crippen molar-refractivity contribution >= 4 is 24.8 Å². The van der Waals surface area contributed by atoms with Gasteiger partial charge in [-0.05, 0) is 0 Å². The average Bonchev–Trinajstić information content (AvgIpc) is 3.02. The SMILES string of the molecule is Nc1ncnc2c1ncn2[C@]1(N)O[C@H](COP(=O)(O)O)[C@@H](O)[C@H]1O. The molecule has 0 amide bonds. The molecule has 24 heavy (non-hydrogen) atoms. The van der Waals surface area contributed by atoms with E-state index in [4.69, 9.17) is 26.0 Å². The lowest BCUT2D eigenvalue weighted by Gasteiger charge is -2.28. The second-order valence-electron chi connectivity index (χ2n) is 5.18. The van der Waals surface area contributed by atoms with Gasteiger partial charge in [-0.1, -0.05) is 0 Å². The summed E-state index contributed by atoms with van der Waals surface area (Å²) in [6.07, 6.45) is -2.17. The second kappa shape index (κ2) is 5.68. The van der Waals surface area contributed by atoms with Crippen molar-refractivity contribution in [2.45, 2.75) is 24.2 Å². The van der Waals surface area contributed by atoms with E-state index in [1.807, 2.05) is 0 Å². The van der Waals surface area contributed by atoms with E-state index in [1.54, 1.807) is 0 Å². The van der Waals surface area contributed by atoms with Crippen molar-refractivity contribution in [1.29, 1.82) is 0 Å². The molecule has 3 rings (SSSR count). The highest BCUT2D eigenvalue weighted by Gasteiger charge is 2.54. The first-order chi connectivity index (χ1) is 11.1. The van der Waals surface area contributed by atoms with E-state index < -0.39 is 38.6 Å². The predicted molar refractivity (Wildman–Crippen MR) is 76.8 cm³/mol. The Bertz CT molecular complexity index is 810. The van der Waals surface area contributed by atoms with Crippen LogP contribution in [0.4, 0.5) is 5.82 Å². The quantitative estimate of drug-likeness (QED) is 0.304. The third-order valence-corrected chi connectivity index (χ3v) is 4.10. The van der Waals surface area contributed by atoms with Crippen LogP contribution in [0, 0.1) is 0 Å². The van der Waals surface area contributed by atoms with Crippen LogP contribution < -0.4 is 11.5 Å². The molecular formula is C10H15N6O7P. The van der Waals surface area contributed by atoms with Gasteiger partial charge in [0.25, 0.3) is 0 Å². The number of rotatable bonds is 4. The summed E-state index contributed by atoms with van der Waals surface area (Å²) in [5.74, 6) is -1.92. The molecule has 13 nitrogen and oxygen atoms in total. The zero-order chi connectivity index (χ0) is 17.7. The van der Waals surface area contributed by atoms with Gasteiger partial charge in [0.05, 0.1) is 6.61 Å². The van der Waals surface area contributed by atoms with Crippen molar-refractivity contribution < 1.29 is 33.8 Å². The van der Waals surface area contributed by atoms with E-state index >= 15 is 0 Å².